The SMILES string of the molecule is COc1ccc(C=O)cc1OCCC(C)O. The molecule has 0 radical (unpaired) electrons. The lowest BCUT2D eigenvalue weighted by atomic mass is 10.2. The Kier molecular flexibility index (Phi) is 4.79. The van der Waals surface area contributed by atoms with Crippen LogP contribution >= 0.6 is 0 Å². The Morgan fingerprint density at radius 1 is 1.44 bits per heavy atom. The molecule has 1 unspecified atom stereocenters. The van der Waals surface area contributed by atoms with Gasteiger partial charge in [-0.05, 0) is 25.1 Å². The number of aldehydes is 1. The lowest BCUT2D eigenvalue weighted by Crippen LogP contribution is -2.08. The Morgan fingerprint density at radius 2 is 2.19 bits per heavy atom. The van der Waals surface area contributed by atoms with Gasteiger partial charge in [0.05, 0.1) is 19.8 Å². The van der Waals surface area contributed by atoms with Crippen LogP contribution in [0.2, 0.25) is 0 Å². The van der Waals surface area contributed by atoms with E-state index in [4.69, 9.17) is 14.6 Å². The third-order valence-corrected chi connectivity index (χ3v) is 2.12. The number of carbonyl (C=O) groups excluding carboxylic acids is 1. The van der Waals surface area contributed by atoms with E-state index in [-0.39, 0.29) is 0 Å². The first-order valence-electron chi connectivity index (χ1n) is 5.11. The predicted octanol–water partition coefficient (Wildman–Crippen LogP) is 1.66. The number of methoxy groups -OCH3 is 1. The summed E-state index contributed by atoms with van der Waals surface area (Å²) in [5, 5.41) is 9.09. The largest absolute Gasteiger partial charge is 0.493 e. The highest BCUT2D eigenvalue weighted by molar-refractivity contribution is 5.76. The summed E-state index contributed by atoms with van der Waals surface area (Å²) in [5.41, 5.74) is 0.535. The zero-order chi connectivity index (χ0) is 12.0. The number of hydrogen-bond acceptors (Lipinski definition) is 4. The van der Waals surface area contributed by atoms with Gasteiger partial charge in [-0.25, -0.2) is 0 Å². The molecule has 16 heavy (non-hydrogen) atoms. The van der Waals surface area contributed by atoms with E-state index < -0.39 is 6.10 Å². The molecule has 4 nitrogen and oxygen atoms in total. The number of benzene rings is 1. The summed E-state index contributed by atoms with van der Waals surface area (Å²) in [7, 11) is 1.54. The van der Waals surface area contributed by atoms with Gasteiger partial charge in [0.25, 0.3) is 0 Å². The second-order valence-corrected chi connectivity index (χ2v) is 3.51. The van der Waals surface area contributed by atoms with Crippen LogP contribution in [0.4, 0.5) is 0 Å². The Morgan fingerprint density at radius 3 is 2.75 bits per heavy atom. The summed E-state index contributed by atoms with van der Waals surface area (Å²) in [5.74, 6) is 1.10. The molecule has 1 rings (SSSR count). The van der Waals surface area contributed by atoms with Gasteiger partial charge in [0, 0.05) is 12.0 Å². The summed E-state index contributed by atoms with van der Waals surface area (Å²) >= 11 is 0. The van der Waals surface area contributed by atoms with E-state index in [1.807, 2.05) is 0 Å². The van der Waals surface area contributed by atoms with Crippen LogP contribution in [0.3, 0.4) is 0 Å². The van der Waals surface area contributed by atoms with Crippen molar-refractivity contribution in [3.8, 4) is 11.5 Å². The molecule has 0 aromatic heterocycles. The molecule has 0 saturated carbocycles. The number of hydrogen-bond donors (Lipinski definition) is 1. The minimum Gasteiger partial charge on any atom is -0.493 e. The molecular weight excluding hydrogens is 208 g/mol. The molecule has 0 fully saturated rings. The summed E-state index contributed by atoms with van der Waals surface area (Å²) < 4.78 is 10.5. The van der Waals surface area contributed by atoms with Crippen molar-refractivity contribution in [2.24, 2.45) is 0 Å². The molecule has 4 heteroatoms. The average molecular weight is 224 g/mol. The average Bonchev–Trinajstić information content (AvgIpc) is 2.28. The Bertz CT molecular complexity index is 347. The number of rotatable bonds is 6. The standard InChI is InChI=1S/C12H16O4/c1-9(14)5-6-16-12-7-10(8-13)3-4-11(12)15-2/h3-4,7-9,14H,5-6H2,1-2H3. The van der Waals surface area contributed by atoms with Gasteiger partial charge < -0.3 is 14.6 Å². The maximum atomic E-state index is 10.6. The lowest BCUT2D eigenvalue weighted by Gasteiger charge is -2.11. The maximum absolute atomic E-state index is 10.6. The second-order valence-electron chi connectivity index (χ2n) is 3.51. The van der Waals surface area contributed by atoms with Crippen LogP contribution in [-0.4, -0.2) is 31.2 Å². The minimum absolute atomic E-state index is 0.385. The third kappa shape index (κ3) is 3.55. The Hall–Kier alpha value is -1.55. The highest BCUT2D eigenvalue weighted by Gasteiger charge is 2.06. The maximum Gasteiger partial charge on any atom is 0.161 e. The van der Waals surface area contributed by atoms with Crippen molar-refractivity contribution < 1.29 is 19.4 Å². The van der Waals surface area contributed by atoms with Gasteiger partial charge in [-0.2, -0.15) is 0 Å². The highest BCUT2D eigenvalue weighted by Crippen LogP contribution is 2.27. The van der Waals surface area contributed by atoms with E-state index in [9.17, 15) is 4.79 Å². The molecule has 0 aliphatic carbocycles. The smallest absolute Gasteiger partial charge is 0.161 e. The third-order valence-electron chi connectivity index (χ3n) is 2.12. The van der Waals surface area contributed by atoms with E-state index in [1.54, 1.807) is 25.1 Å². The number of aliphatic hydroxyl groups is 1. The molecule has 0 aliphatic heterocycles. The van der Waals surface area contributed by atoms with Crippen molar-refractivity contribution >= 4 is 6.29 Å². The minimum atomic E-state index is -0.403. The molecule has 0 heterocycles. The topological polar surface area (TPSA) is 55.8 Å². The molecule has 1 aromatic rings. The molecule has 1 N–H and O–H groups in total. The quantitative estimate of drug-likeness (QED) is 0.746. The first-order chi connectivity index (χ1) is 7.67. The molecule has 1 aromatic carbocycles. The molecule has 88 valence electrons. The van der Waals surface area contributed by atoms with E-state index in [2.05, 4.69) is 0 Å². The zero-order valence-corrected chi connectivity index (χ0v) is 9.47. The molecule has 1 atom stereocenters. The van der Waals surface area contributed by atoms with Crippen LogP contribution in [0.25, 0.3) is 0 Å². The van der Waals surface area contributed by atoms with Crippen LogP contribution in [0.15, 0.2) is 18.2 Å². The normalized spacial score (nSPS) is 11.9. The second kappa shape index (κ2) is 6.12. The van der Waals surface area contributed by atoms with Gasteiger partial charge in [0.1, 0.15) is 6.29 Å². The van der Waals surface area contributed by atoms with E-state index >= 15 is 0 Å². The molecule has 0 spiro atoms. The number of carbonyl (C=O) groups is 1. The zero-order valence-electron chi connectivity index (χ0n) is 9.47. The molecule has 0 bridgehead atoms. The van der Waals surface area contributed by atoms with Crippen LogP contribution < -0.4 is 9.47 Å². The first kappa shape index (κ1) is 12.5. The van der Waals surface area contributed by atoms with Crippen molar-refractivity contribution in [1.82, 2.24) is 0 Å². The lowest BCUT2D eigenvalue weighted by molar-refractivity contribution is 0.112. The van der Waals surface area contributed by atoms with E-state index in [1.165, 1.54) is 7.11 Å². The fourth-order valence-electron chi connectivity index (χ4n) is 1.22. The Balaban J connectivity index is 2.71. The van der Waals surface area contributed by atoms with Gasteiger partial charge in [-0.15, -0.1) is 0 Å². The van der Waals surface area contributed by atoms with Crippen molar-refractivity contribution in [2.75, 3.05) is 13.7 Å². The first-order valence-corrected chi connectivity index (χ1v) is 5.11. The van der Waals surface area contributed by atoms with Crippen molar-refractivity contribution in [2.45, 2.75) is 19.4 Å². The predicted molar refractivity (Wildman–Crippen MR) is 60.2 cm³/mol. The summed E-state index contributed by atoms with van der Waals surface area (Å²) in [4.78, 5) is 10.6. The van der Waals surface area contributed by atoms with Gasteiger partial charge in [-0.1, -0.05) is 0 Å². The fraction of sp³-hybridized carbons (Fsp3) is 0.417. The van der Waals surface area contributed by atoms with Crippen molar-refractivity contribution in [3.63, 3.8) is 0 Å². The van der Waals surface area contributed by atoms with Gasteiger partial charge in [0.2, 0.25) is 0 Å². The van der Waals surface area contributed by atoms with Crippen LogP contribution in [0.1, 0.15) is 23.7 Å². The van der Waals surface area contributed by atoms with Crippen molar-refractivity contribution in [1.29, 1.82) is 0 Å². The molecule has 0 amide bonds. The number of aliphatic hydroxyl groups excluding tert-OH is 1. The number of ether oxygens (including phenoxy) is 2. The van der Waals surface area contributed by atoms with E-state index in [0.29, 0.717) is 30.1 Å². The van der Waals surface area contributed by atoms with E-state index in [0.717, 1.165) is 6.29 Å². The highest BCUT2D eigenvalue weighted by atomic mass is 16.5. The van der Waals surface area contributed by atoms with Crippen LogP contribution in [0.5, 0.6) is 11.5 Å². The van der Waals surface area contributed by atoms with Crippen LogP contribution in [-0.2, 0) is 0 Å². The summed E-state index contributed by atoms with van der Waals surface area (Å²) in [6.07, 6.45) is 0.885. The monoisotopic (exact) mass is 224 g/mol. The molecule has 0 saturated heterocycles. The molecule has 0 aliphatic rings. The summed E-state index contributed by atoms with van der Waals surface area (Å²) in [6.45, 7) is 2.08. The Labute approximate surface area is 94.8 Å². The fourth-order valence-corrected chi connectivity index (χ4v) is 1.22. The van der Waals surface area contributed by atoms with Gasteiger partial charge in [-0.3, -0.25) is 4.79 Å². The van der Waals surface area contributed by atoms with Crippen molar-refractivity contribution in [3.05, 3.63) is 23.8 Å². The summed E-state index contributed by atoms with van der Waals surface area (Å²) in [6, 6.07) is 4.96. The molecular formula is C12H16O4. The van der Waals surface area contributed by atoms with Gasteiger partial charge in [0.15, 0.2) is 11.5 Å². The van der Waals surface area contributed by atoms with Crippen LogP contribution in [0, 0.1) is 0 Å². The van der Waals surface area contributed by atoms with Gasteiger partial charge >= 0.3 is 0 Å².